The van der Waals surface area contributed by atoms with Crippen LogP contribution < -0.4 is 0 Å². The third-order valence-corrected chi connectivity index (χ3v) is 4.05. The van der Waals surface area contributed by atoms with Gasteiger partial charge in [-0.05, 0) is 50.4 Å². The topological polar surface area (TPSA) is 40.5 Å². The molecule has 3 nitrogen and oxygen atoms in total. The second kappa shape index (κ2) is 4.73. The number of rotatable bonds is 3. The van der Waals surface area contributed by atoms with Gasteiger partial charge in [0.1, 0.15) is 0 Å². The van der Waals surface area contributed by atoms with Crippen LogP contribution in [0.2, 0.25) is 0 Å². The molecule has 1 aliphatic heterocycles. The zero-order chi connectivity index (χ0) is 13.3. The summed E-state index contributed by atoms with van der Waals surface area (Å²) in [5.74, 6) is -0.676. The highest BCUT2D eigenvalue weighted by Gasteiger charge is 2.40. The van der Waals surface area contributed by atoms with Crippen molar-refractivity contribution in [2.24, 2.45) is 5.41 Å². The molecule has 1 unspecified atom stereocenters. The molecule has 1 saturated heterocycles. The molecular formula is C15H21NO2. The van der Waals surface area contributed by atoms with Gasteiger partial charge in [-0.2, -0.15) is 0 Å². The van der Waals surface area contributed by atoms with Gasteiger partial charge < -0.3 is 5.11 Å². The summed E-state index contributed by atoms with van der Waals surface area (Å²) in [4.78, 5) is 13.4. The summed E-state index contributed by atoms with van der Waals surface area (Å²) in [5, 5.41) is 9.21. The van der Waals surface area contributed by atoms with Crippen LogP contribution in [0.5, 0.6) is 0 Å². The second-order valence-corrected chi connectivity index (χ2v) is 5.75. The Morgan fingerprint density at radius 3 is 2.67 bits per heavy atom. The summed E-state index contributed by atoms with van der Waals surface area (Å²) in [7, 11) is 0. The first-order valence-electron chi connectivity index (χ1n) is 6.43. The Bertz CT molecular complexity index is 470. The van der Waals surface area contributed by atoms with E-state index < -0.39 is 11.4 Å². The molecule has 98 valence electrons. The van der Waals surface area contributed by atoms with Crippen LogP contribution in [0.1, 0.15) is 30.0 Å². The van der Waals surface area contributed by atoms with Crippen molar-refractivity contribution in [2.75, 3.05) is 13.1 Å². The van der Waals surface area contributed by atoms with E-state index in [0.717, 1.165) is 19.5 Å². The highest BCUT2D eigenvalue weighted by Crippen LogP contribution is 2.31. The molecule has 1 aromatic carbocycles. The number of carboxylic acid groups (broad SMARTS) is 1. The Kier molecular flexibility index (Phi) is 3.44. The lowest BCUT2D eigenvalue weighted by molar-refractivity contribution is -0.147. The van der Waals surface area contributed by atoms with E-state index in [1.807, 2.05) is 6.92 Å². The van der Waals surface area contributed by atoms with Crippen molar-refractivity contribution >= 4 is 5.97 Å². The van der Waals surface area contributed by atoms with Crippen LogP contribution >= 0.6 is 0 Å². The number of aryl methyl sites for hydroxylation is 2. The van der Waals surface area contributed by atoms with Gasteiger partial charge in [0.05, 0.1) is 5.41 Å². The molecule has 1 aliphatic rings. The molecule has 0 amide bonds. The Hall–Kier alpha value is -1.35. The van der Waals surface area contributed by atoms with Crippen LogP contribution in [0.15, 0.2) is 18.2 Å². The molecule has 0 spiro atoms. The monoisotopic (exact) mass is 247 g/mol. The molecular weight excluding hydrogens is 226 g/mol. The smallest absolute Gasteiger partial charge is 0.310 e. The lowest BCUT2D eigenvalue weighted by atomic mass is 9.90. The minimum atomic E-state index is -0.676. The Labute approximate surface area is 108 Å². The summed E-state index contributed by atoms with van der Waals surface area (Å²) in [6, 6.07) is 6.47. The first-order chi connectivity index (χ1) is 8.40. The number of carboxylic acids is 1. The molecule has 0 aromatic heterocycles. The molecule has 1 heterocycles. The SMILES string of the molecule is Cc1ccc(CN2CCC(C)(C(=O)O)C2)cc1C. The van der Waals surface area contributed by atoms with Crippen LogP contribution in [-0.2, 0) is 11.3 Å². The van der Waals surface area contributed by atoms with Gasteiger partial charge in [0.15, 0.2) is 0 Å². The molecule has 0 saturated carbocycles. The first kappa shape index (κ1) is 13.1. The van der Waals surface area contributed by atoms with Crippen molar-refractivity contribution in [1.29, 1.82) is 0 Å². The maximum Gasteiger partial charge on any atom is 0.310 e. The Balaban J connectivity index is 2.03. The van der Waals surface area contributed by atoms with E-state index in [2.05, 4.69) is 36.9 Å². The normalized spacial score (nSPS) is 24.4. The average Bonchev–Trinajstić information content (AvgIpc) is 2.67. The molecule has 1 fully saturated rings. The predicted molar refractivity (Wildman–Crippen MR) is 71.6 cm³/mol. The van der Waals surface area contributed by atoms with Gasteiger partial charge in [-0.3, -0.25) is 9.69 Å². The highest BCUT2D eigenvalue weighted by atomic mass is 16.4. The third kappa shape index (κ3) is 2.56. The van der Waals surface area contributed by atoms with Gasteiger partial charge in [0, 0.05) is 13.1 Å². The summed E-state index contributed by atoms with van der Waals surface area (Å²) in [5.41, 5.74) is 3.30. The van der Waals surface area contributed by atoms with Gasteiger partial charge in [-0.1, -0.05) is 18.2 Å². The van der Waals surface area contributed by atoms with Crippen LogP contribution in [0, 0.1) is 19.3 Å². The molecule has 0 aliphatic carbocycles. The number of hydrogen-bond donors (Lipinski definition) is 1. The fraction of sp³-hybridized carbons (Fsp3) is 0.533. The van der Waals surface area contributed by atoms with E-state index in [9.17, 15) is 9.90 Å². The van der Waals surface area contributed by atoms with Gasteiger partial charge >= 0.3 is 5.97 Å². The maximum atomic E-state index is 11.2. The van der Waals surface area contributed by atoms with Crippen LogP contribution in [0.25, 0.3) is 0 Å². The minimum Gasteiger partial charge on any atom is -0.481 e. The van der Waals surface area contributed by atoms with Gasteiger partial charge in [0.2, 0.25) is 0 Å². The molecule has 0 bridgehead atoms. The van der Waals surface area contributed by atoms with Gasteiger partial charge in [-0.15, -0.1) is 0 Å². The van der Waals surface area contributed by atoms with Crippen molar-refractivity contribution < 1.29 is 9.90 Å². The zero-order valence-corrected chi connectivity index (χ0v) is 11.4. The highest BCUT2D eigenvalue weighted by molar-refractivity contribution is 5.74. The molecule has 1 atom stereocenters. The molecule has 0 radical (unpaired) electrons. The van der Waals surface area contributed by atoms with E-state index in [1.54, 1.807) is 0 Å². The van der Waals surface area contributed by atoms with Crippen molar-refractivity contribution in [1.82, 2.24) is 4.90 Å². The quantitative estimate of drug-likeness (QED) is 0.892. The molecule has 2 rings (SSSR count). The fourth-order valence-corrected chi connectivity index (χ4v) is 2.53. The van der Waals surface area contributed by atoms with Crippen molar-refractivity contribution in [3.63, 3.8) is 0 Å². The van der Waals surface area contributed by atoms with Gasteiger partial charge in [-0.25, -0.2) is 0 Å². The number of nitrogens with zero attached hydrogens (tertiary/aromatic N) is 1. The lowest BCUT2D eigenvalue weighted by Gasteiger charge is -2.20. The lowest BCUT2D eigenvalue weighted by Crippen LogP contribution is -2.31. The first-order valence-corrected chi connectivity index (χ1v) is 6.43. The molecule has 1 aromatic rings. The largest absolute Gasteiger partial charge is 0.481 e. The van der Waals surface area contributed by atoms with Gasteiger partial charge in [0.25, 0.3) is 0 Å². The molecule has 3 heteroatoms. The second-order valence-electron chi connectivity index (χ2n) is 5.75. The maximum absolute atomic E-state index is 11.2. The fourth-order valence-electron chi connectivity index (χ4n) is 2.53. The minimum absolute atomic E-state index is 0.570. The van der Waals surface area contributed by atoms with E-state index >= 15 is 0 Å². The van der Waals surface area contributed by atoms with E-state index in [-0.39, 0.29) is 0 Å². The van der Waals surface area contributed by atoms with E-state index in [4.69, 9.17) is 0 Å². The molecule has 1 N–H and O–H groups in total. The third-order valence-electron chi connectivity index (χ3n) is 4.05. The summed E-state index contributed by atoms with van der Waals surface area (Å²) >= 11 is 0. The Morgan fingerprint density at radius 2 is 2.11 bits per heavy atom. The Morgan fingerprint density at radius 1 is 1.39 bits per heavy atom. The van der Waals surface area contributed by atoms with E-state index in [0.29, 0.717) is 6.54 Å². The number of carbonyl (C=O) groups is 1. The van der Waals surface area contributed by atoms with Crippen molar-refractivity contribution in [3.8, 4) is 0 Å². The van der Waals surface area contributed by atoms with Crippen molar-refractivity contribution in [2.45, 2.75) is 33.7 Å². The number of aliphatic carboxylic acids is 1. The number of likely N-dealkylation sites (tertiary alicyclic amines) is 1. The summed E-state index contributed by atoms with van der Waals surface area (Å²) in [6.07, 6.45) is 0.743. The number of benzene rings is 1. The van der Waals surface area contributed by atoms with Crippen LogP contribution in [-0.4, -0.2) is 29.1 Å². The zero-order valence-electron chi connectivity index (χ0n) is 11.4. The number of hydrogen-bond acceptors (Lipinski definition) is 2. The summed E-state index contributed by atoms with van der Waals surface area (Å²) in [6.45, 7) is 8.44. The predicted octanol–water partition coefficient (Wildman–Crippen LogP) is 2.60. The van der Waals surface area contributed by atoms with Crippen molar-refractivity contribution in [3.05, 3.63) is 34.9 Å². The average molecular weight is 247 g/mol. The molecule has 18 heavy (non-hydrogen) atoms. The van der Waals surface area contributed by atoms with E-state index in [1.165, 1.54) is 16.7 Å². The van der Waals surface area contributed by atoms with Crippen LogP contribution in [0.4, 0.5) is 0 Å². The summed E-state index contributed by atoms with van der Waals surface area (Å²) < 4.78 is 0. The van der Waals surface area contributed by atoms with Crippen LogP contribution in [0.3, 0.4) is 0 Å². The standard InChI is InChI=1S/C15H21NO2/c1-11-4-5-13(8-12(11)2)9-16-7-6-15(3,10-16)14(17)18/h4-5,8H,6-7,9-10H2,1-3H3,(H,17,18).